The predicted octanol–water partition coefficient (Wildman–Crippen LogP) is 4.07. The Hall–Kier alpha value is -0.640. The highest BCUT2D eigenvalue weighted by molar-refractivity contribution is 9.10. The highest BCUT2D eigenvalue weighted by atomic mass is 79.9. The van der Waals surface area contributed by atoms with Crippen LogP contribution in [-0.2, 0) is 5.60 Å². The summed E-state index contributed by atoms with van der Waals surface area (Å²) in [4.78, 5) is 1.01. The molecule has 0 aliphatic rings. The summed E-state index contributed by atoms with van der Waals surface area (Å²) in [6.45, 7) is 3.87. The predicted molar refractivity (Wildman–Crippen MR) is 71.9 cm³/mol. The van der Waals surface area contributed by atoms with Crippen LogP contribution < -0.4 is 0 Å². The first-order valence-corrected chi connectivity index (χ1v) is 6.72. The van der Waals surface area contributed by atoms with Crippen LogP contribution in [0.3, 0.4) is 0 Å². The third-order valence-corrected chi connectivity index (χ3v) is 4.41. The minimum atomic E-state index is -0.915. The van der Waals surface area contributed by atoms with Gasteiger partial charge in [0.15, 0.2) is 0 Å². The number of halogens is 1. The lowest BCUT2D eigenvalue weighted by Crippen LogP contribution is -2.22. The first-order valence-electron chi connectivity index (χ1n) is 5.05. The molecule has 0 saturated carbocycles. The molecule has 1 atom stereocenters. The second-order valence-corrected chi connectivity index (χ2v) is 5.85. The van der Waals surface area contributed by atoms with Gasteiger partial charge in [0, 0.05) is 9.35 Å². The molecule has 0 amide bonds. The van der Waals surface area contributed by atoms with Crippen LogP contribution >= 0.6 is 27.3 Å². The Labute approximate surface area is 108 Å². The molecule has 16 heavy (non-hydrogen) atoms. The summed E-state index contributed by atoms with van der Waals surface area (Å²) in [5.41, 5.74) is 1.13. The van der Waals surface area contributed by atoms with Crippen molar-refractivity contribution in [3.8, 4) is 0 Å². The Morgan fingerprint density at radius 2 is 2.06 bits per heavy atom. The second-order valence-electron chi connectivity index (χ2n) is 4.02. The third kappa shape index (κ3) is 2.08. The quantitative estimate of drug-likeness (QED) is 0.885. The lowest BCUT2D eigenvalue weighted by Gasteiger charge is -2.24. The molecule has 3 heteroatoms. The van der Waals surface area contributed by atoms with Crippen LogP contribution in [0.25, 0.3) is 0 Å². The lowest BCUT2D eigenvalue weighted by atomic mass is 9.92. The summed E-state index contributed by atoms with van der Waals surface area (Å²) >= 11 is 5.02. The van der Waals surface area contributed by atoms with Crippen LogP contribution in [0.4, 0.5) is 0 Å². The summed E-state index contributed by atoms with van der Waals surface area (Å²) in [6, 6.07) is 9.84. The fourth-order valence-electron chi connectivity index (χ4n) is 1.79. The summed E-state index contributed by atoms with van der Waals surface area (Å²) in [5.74, 6) is 0. The number of aliphatic hydroxyl groups is 1. The number of hydrogen-bond acceptors (Lipinski definition) is 2. The number of aryl methyl sites for hydroxylation is 1. The van der Waals surface area contributed by atoms with Crippen LogP contribution in [0, 0.1) is 6.92 Å². The van der Waals surface area contributed by atoms with E-state index in [9.17, 15) is 5.11 Å². The summed E-state index contributed by atoms with van der Waals surface area (Å²) in [5, 5.41) is 12.7. The zero-order valence-electron chi connectivity index (χ0n) is 9.20. The number of benzene rings is 1. The van der Waals surface area contributed by atoms with Gasteiger partial charge in [-0.1, -0.05) is 28.1 Å². The molecule has 0 aliphatic carbocycles. The van der Waals surface area contributed by atoms with E-state index < -0.39 is 5.60 Å². The zero-order valence-corrected chi connectivity index (χ0v) is 11.6. The maximum atomic E-state index is 10.6. The maximum Gasteiger partial charge on any atom is 0.121 e. The highest BCUT2D eigenvalue weighted by Crippen LogP contribution is 2.35. The van der Waals surface area contributed by atoms with Gasteiger partial charge >= 0.3 is 0 Å². The van der Waals surface area contributed by atoms with Crippen LogP contribution in [0.2, 0.25) is 0 Å². The number of hydrogen-bond donors (Lipinski definition) is 1. The number of rotatable bonds is 2. The topological polar surface area (TPSA) is 20.2 Å². The fourth-order valence-corrected chi connectivity index (χ4v) is 3.20. The molecule has 0 saturated heterocycles. The molecule has 84 valence electrons. The van der Waals surface area contributed by atoms with Crippen LogP contribution in [0.1, 0.15) is 22.9 Å². The largest absolute Gasteiger partial charge is 0.380 e. The molecule has 1 unspecified atom stereocenters. The van der Waals surface area contributed by atoms with Crippen molar-refractivity contribution in [1.29, 1.82) is 0 Å². The van der Waals surface area contributed by atoms with Gasteiger partial charge in [-0.3, -0.25) is 0 Å². The van der Waals surface area contributed by atoms with Crippen LogP contribution in [0.5, 0.6) is 0 Å². The molecular formula is C13H13BrOS. The van der Waals surface area contributed by atoms with Crippen LogP contribution in [-0.4, -0.2) is 5.11 Å². The lowest BCUT2D eigenvalue weighted by molar-refractivity contribution is 0.105. The van der Waals surface area contributed by atoms with E-state index in [4.69, 9.17) is 0 Å². The maximum absolute atomic E-state index is 10.6. The van der Waals surface area contributed by atoms with Crippen molar-refractivity contribution in [3.63, 3.8) is 0 Å². The summed E-state index contributed by atoms with van der Waals surface area (Å²) < 4.78 is 0.986. The first kappa shape index (κ1) is 11.8. The molecule has 0 fully saturated rings. The van der Waals surface area contributed by atoms with Gasteiger partial charge in [-0.25, -0.2) is 0 Å². The summed E-state index contributed by atoms with van der Waals surface area (Å²) in [7, 11) is 0. The minimum absolute atomic E-state index is 0.910. The molecule has 1 aromatic heterocycles. The molecule has 1 aromatic carbocycles. The minimum Gasteiger partial charge on any atom is -0.380 e. The van der Waals surface area contributed by atoms with Gasteiger partial charge in [-0.05, 0) is 48.6 Å². The van der Waals surface area contributed by atoms with Crippen molar-refractivity contribution < 1.29 is 5.11 Å². The van der Waals surface area contributed by atoms with Crippen molar-refractivity contribution in [3.05, 3.63) is 56.2 Å². The van der Waals surface area contributed by atoms with Crippen molar-refractivity contribution in [2.75, 3.05) is 0 Å². The molecule has 1 heterocycles. The van der Waals surface area contributed by atoms with Gasteiger partial charge < -0.3 is 5.11 Å². The van der Waals surface area contributed by atoms with Crippen LogP contribution in [0.15, 0.2) is 40.2 Å². The van der Waals surface area contributed by atoms with Gasteiger partial charge in [0.1, 0.15) is 5.60 Å². The van der Waals surface area contributed by atoms with E-state index in [2.05, 4.69) is 15.9 Å². The smallest absolute Gasteiger partial charge is 0.121 e. The monoisotopic (exact) mass is 296 g/mol. The second kappa shape index (κ2) is 4.32. The first-order chi connectivity index (χ1) is 7.51. The fraction of sp³-hybridized carbons (Fsp3) is 0.231. The van der Waals surface area contributed by atoms with Crippen molar-refractivity contribution in [2.24, 2.45) is 0 Å². The van der Waals surface area contributed by atoms with E-state index in [1.807, 2.05) is 49.6 Å². The SMILES string of the molecule is Cc1ccsc1C(C)(O)c1cccc(Br)c1. The van der Waals surface area contributed by atoms with Crippen molar-refractivity contribution in [2.45, 2.75) is 19.4 Å². The molecular weight excluding hydrogens is 284 g/mol. The summed E-state index contributed by atoms with van der Waals surface area (Å²) in [6.07, 6.45) is 0. The van der Waals surface area contributed by atoms with Gasteiger partial charge in [0.25, 0.3) is 0 Å². The number of thiophene rings is 1. The molecule has 0 bridgehead atoms. The van der Waals surface area contributed by atoms with E-state index in [1.165, 1.54) is 0 Å². The molecule has 2 rings (SSSR count). The Morgan fingerprint density at radius 3 is 2.62 bits per heavy atom. The molecule has 1 nitrogen and oxygen atoms in total. The molecule has 1 N–H and O–H groups in total. The normalized spacial score (nSPS) is 14.8. The van der Waals surface area contributed by atoms with Crippen molar-refractivity contribution >= 4 is 27.3 Å². The van der Waals surface area contributed by atoms with E-state index >= 15 is 0 Å². The van der Waals surface area contributed by atoms with E-state index in [0.29, 0.717) is 0 Å². The zero-order chi connectivity index (χ0) is 11.8. The Morgan fingerprint density at radius 1 is 1.31 bits per heavy atom. The van der Waals surface area contributed by atoms with E-state index in [0.717, 1.165) is 20.5 Å². The molecule has 0 spiro atoms. The van der Waals surface area contributed by atoms with Gasteiger partial charge in [0.05, 0.1) is 0 Å². The van der Waals surface area contributed by atoms with Gasteiger partial charge in [-0.15, -0.1) is 11.3 Å². The highest BCUT2D eigenvalue weighted by Gasteiger charge is 2.28. The average Bonchev–Trinajstić information content (AvgIpc) is 2.65. The van der Waals surface area contributed by atoms with E-state index in [-0.39, 0.29) is 0 Å². The van der Waals surface area contributed by atoms with Gasteiger partial charge in [-0.2, -0.15) is 0 Å². The Kier molecular flexibility index (Phi) is 3.19. The van der Waals surface area contributed by atoms with Crippen molar-refractivity contribution in [1.82, 2.24) is 0 Å². The Bertz CT molecular complexity index is 502. The average molecular weight is 297 g/mol. The van der Waals surface area contributed by atoms with E-state index in [1.54, 1.807) is 11.3 Å². The molecule has 0 aliphatic heterocycles. The third-order valence-electron chi connectivity index (χ3n) is 2.69. The Balaban J connectivity index is 2.51. The molecule has 0 radical (unpaired) electrons. The molecule has 2 aromatic rings. The standard InChI is InChI=1S/C13H13BrOS/c1-9-6-7-16-12(9)13(2,15)10-4-3-5-11(14)8-10/h3-8,15H,1-2H3. The van der Waals surface area contributed by atoms with Gasteiger partial charge in [0.2, 0.25) is 0 Å².